The molecule has 0 unspecified atom stereocenters. The molecule has 4 heterocycles. The maximum absolute atomic E-state index is 6.32. The molecule has 0 spiro atoms. The molecule has 33 heavy (non-hydrogen) atoms. The van der Waals surface area contributed by atoms with Crippen LogP contribution in [0.3, 0.4) is 0 Å². The number of nitrogens with one attached hydrogen (secondary N) is 1. The van der Waals surface area contributed by atoms with Gasteiger partial charge in [-0.2, -0.15) is 0 Å². The Morgan fingerprint density at radius 2 is 1.64 bits per heavy atom. The van der Waals surface area contributed by atoms with Crippen LogP contribution in [0.4, 0.5) is 22.9 Å². The van der Waals surface area contributed by atoms with Gasteiger partial charge in [0.15, 0.2) is 0 Å². The standard InChI is InChI=1S/C27H32N6/c1-20(31-24-7-9-27(30-18-24)33-12-4-5-13-33)14-22-15-21(6-8-26(22)28)23-16-25(19-29-17-23)32-10-2-3-11-32/h6-9,15-19,31H,1-5,10-14,28H2. The second-order valence-electron chi connectivity index (χ2n) is 9.04. The number of hydrogen-bond acceptors (Lipinski definition) is 6. The minimum absolute atomic E-state index is 0.646. The first-order valence-corrected chi connectivity index (χ1v) is 11.9. The predicted molar refractivity (Wildman–Crippen MR) is 138 cm³/mol. The lowest BCUT2D eigenvalue weighted by atomic mass is 10.00. The van der Waals surface area contributed by atoms with E-state index < -0.39 is 0 Å². The molecule has 1 aromatic carbocycles. The molecule has 0 saturated carbocycles. The van der Waals surface area contributed by atoms with Gasteiger partial charge in [0.25, 0.3) is 0 Å². The number of nitrogens with zero attached hydrogens (tertiary/aromatic N) is 4. The van der Waals surface area contributed by atoms with Crippen LogP contribution in [0.15, 0.2) is 67.3 Å². The van der Waals surface area contributed by atoms with Gasteiger partial charge in [0.2, 0.25) is 0 Å². The Labute approximate surface area is 196 Å². The summed E-state index contributed by atoms with van der Waals surface area (Å²) in [7, 11) is 0. The molecule has 2 saturated heterocycles. The Morgan fingerprint density at radius 3 is 2.36 bits per heavy atom. The summed E-state index contributed by atoms with van der Waals surface area (Å²) in [6.07, 6.45) is 11.4. The van der Waals surface area contributed by atoms with Crippen molar-refractivity contribution in [2.24, 2.45) is 0 Å². The van der Waals surface area contributed by atoms with Gasteiger partial charge in [-0.05, 0) is 67.1 Å². The lowest BCUT2D eigenvalue weighted by Gasteiger charge is -2.18. The highest BCUT2D eigenvalue weighted by atomic mass is 15.2. The summed E-state index contributed by atoms with van der Waals surface area (Å²) >= 11 is 0. The van der Waals surface area contributed by atoms with Crippen molar-refractivity contribution >= 4 is 22.9 Å². The molecule has 0 amide bonds. The molecule has 6 heteroatoms. The van der Waals surface area contributed by atoms with Crippen molar-refractivity contribution in [1.29, 1.82) is 0 Å². The van der Waals surface area contributed by atoms with E-state index >= 15 is 0 Å². The maximum atomic E-state index is 6.32. The second-order valence-corrected chi connectivity index (χ2v) is 9.04. The smallest absolute Gasteiger partial charge is 0.128 e. The zero-order valence-corrected chi connectivity index (χ0v) is 19.1. The van der Waals surface area contributed by atoms with Crippen molar-refractivity contribution in [3.05, 3.63) is 72.8 Å². The molecule has 6 nitrogen and oxygen atoms in total. The fourth-order valence-corrected chi connectivity index (χ4v) is 4.74. The Hall–Kier alpha value is -3.54. The van der Waals surface area contributed by atoms with E-state index in [0.29, 0.717) is 6.42 Å². The van der Waals surface area contributed by atoms with E-state index in [0.717, 1.165) is 65.8 Å². The van der Waals surface area contributed by atoms with Gasteiger partial charge >= 0.3 is 0 Å². The van der Waals surface area contributed by atoms with Crippen molar-refractivity contribution in [3.8, 4) is 11.1 Å². The number of allylic oxidation sites excluding steroid dienone is 1. The first kappa shape index (κ1) is 21.3. The summed E-state index contributed by atoms with van der Waals surface area (Å²) in [6.45, 7) is 8.64. The van der Waals surface area contributed by atoms with Gasteiger partial charge in [-0.15, -0.1) is 0 Å². The number of aromatic nitrogens is 2. The summed E-state index contributed by atoms with van der Waals surface area (Å²) in [5, 5.41) is 3.39. The molecule has 5 rings (SSSR count). The van der Waals surface area contributed by atoms with Gasteiger partial charge in [0.1, 0.15) is 5.82 Å². The van der Waals surface area contributed by atoms with E-state index in [2.05, 4.69) is 62.0 Å². The van der Waals surface area contributed by atoms with Crippen LogP contribution in [0.25, 0.3) is 11.1 Å². The quantitative estimate of drug-likeness (QED) is 0.499. The van der Waals surface area contributed by atoms with Crippen LogP contribution in [-0.2, 0) is 6.42 Å². The summed E-state index contributed by atoms with van der Waals surface area (Å²) in [5.74, 6) is 1.05. The van der Waals surface area contributed by atoms with Crippen LogP contribution >= 0.6 is 0 Å². The molecule has 170 valence electrons. The van der Waals surface area contributed by atoms with Gasteiger partial charge in [-0.25, -0.2) is 4.98 Å². The zero-order chi connectivity index (χ0) is 22.6. The summed E-state index contributed by atoms with van der Waals surface area (Å²) in [4.78, 5) is 13.9. The predicted octanol–water partition coefficient (Wildman–Crippen LogP) is 5.09. The molecule has 0 aliphatic carbocycles. The first-order chi connectivity index (χ1) is 16.2. The summed E-state index contributed by atoms with van der Waals surface area (Å²) < 4.78 is 0. The van der Waals surface area contributed by atoms with Gasteiger partial charge in [-0.3, -0.25) is 4.98 Å². The highest BCUT2D eigenvalue weighted by molar-refractivity contribution is 5.71. The van der Waals surface area contributed by atoms with Crippen molar-refractivity contribution in [2.75, 3.05) is 47.0 Å². The topological polar surface area (TPSA) is 70.3 Å². The summed E-state index contributed by atoms with van der Waals surface area (Å²) in [6, 6.07) is 12.6. The van der Waals surface area contributed by atoms with Crippen LogP contribution in [-0.4, -0.2) is 36.1 Å². The average Bonchev–Trinajstić information content (AvgIpc) is 3.56. The third kappa shape index (κ3) is 4.95. The largest absolute Gasteiger partial charge is 0.398 e. The normalized spacial score (nSPS) is 15.8. The SMILES string of the molecule is C=C(Cc1cc(-c2cncc(N3CCCC3)c2)ccc1N)Nc1ccc(N2CCCC2)nc1. The van der Waals surface area contributed by atoms with E-state index in [1.54, 1.807) is 0 Å². The molecule has 0 atom stereocenters. The molecule has 2 aliphatic heterocycles. The molecule has 3 aromatic rings. The third-order valence-electron chi connectivity index (χ3n) is 6.57. The van der Waals surface area contributed by atoms with Crippen molar-refractivity contribution in [1.82, 2.24) is 9.97 Å². The molecular formula is C27H32N6. The Bertz CT molecular complexity index is 1110. The molecule has 0 bridgehead atoms. The van der Waals surface area contributed by atoms with E-state index in [1.807, 2.05) is 24.7 Å². The van der Waals surface area contributed by atoms with Crippen LogP contribution in [0.5, 0.6) is 0 Å². The number of nitrogens with two attached hydrogens (primary N) is 1. The number of hydrogen-bond donors (Lipinski definition) is 2. The van der Waals surface area contributed by atoms with Crippen molar-refractivity contribution < 1.29 is 0 Å². The number of benzene rings is 1. The Kier molecular flexibility index (Phi) is 6.15. The molecule has 2 aliphatic rings. The fraction of sp³-hybridized carbons (Fsp3) is 0.333. The number of nitrogen functional groups attached to an aromatic ring is 1. The van der Waals surface area contributed by atoms with E-state index in [9.17, 15) is 0 Å². The number of anilines is 4. The number of pyridine rings is 2. The second kappa shape index (κ2) is 9.53. The van der Waals surface area contributed by atoms with Crippen molar-refractivity contribution in [2.45, 2.75) is 32.1 Å². The monoisotopic (exact) mass is 440 g/mol. The lowest BCUT2D eigenvalue weighted by Crippen LogP contribution is -2.18. The van der Waals surface area contributed by atoms with Crippen LogP contribution in [0.1, 0.15) is 31.2 Å². The molecule has 3 N–H and O–H groups in total. The van der Waals surface area contributed by atoms with Gasteiger partial charge in [0.05, 0.1) is 23.8 Å². The fourth-order valence-electron chi connectivity index (χ4n) is 4.74. The molecule has 2 aromatic heterocycles. The molecule has 2 fully saturated rings. The van der Waals surface area contributed by atoms with Gasteiger partial charge in [-0.1, -0.05) is 12.6 Å². The maximum Gasteiger partial charge on any atom is 0.128 e. The first-order valence-electron chi connectivity index (χ1n) is 11.9. The Balaban J connectivity index is 1.27. The van der Waals surface area contributed by atoms with E-state index in [-0.39, 0.29) is 0 Å². The molecular weight excluding hydrogens is 408 g/mol. The van der Waals surface area contributed by atoms with Crippen LogP contribution in [0, 0.1) is 0 Å². The Morgan fingerprint density at radius 1 is 0.879 bits per heavy atom. The minimum atomic E-state index is 0.646. The van der Waals surface area contributed by atoms with Crippen molar-refractivity contribution in [3.63, 3.8) is 0 Å². The lowest BCUT2D eigenvalue weighted by molar-refractivity contribution is 0.938. The number of rotatable bonds is 7. The summed E-state index contributed by atoms with van der Waals surface area (Å²) in [5.41, 5.74) is 13.4. The highest BCUT2D eigenvalue weighted by Gasteiger charge is 2.15. The van der Waals surface area contributed by atoms with Gasteiger partial charge < -0.3 is 20.9 Å². The third-order valence-corrected chi connectivity index (χ3v) is 6.57. The van der Waals surface area contributed by atoms with E-state index in [4.69, 9.17) is 5.73 Å². The van der Waals surface area contributed by atoms with Gasteiger partial charge in [0, 0.05) is 55.7 Å². The molecule has 0 radical (unpaired) electrons. The highest BCUT2D eigenvalue weighted by Crippen LogP contribution is 2.29. The van der Waals surface area contributed by atoms with Crippen LogP contribution in [0.2, 0.25) is 0 Å². The zero-order valence-electron chi connectivity index (χ0n) is 19.1. The van der Waals surface area contributed by atoms with Crippen LogP contribution < -0.4 is 20.9 Å². The average molecular weight is 441 g/mol. The minimum Gasteiger partial charge on any atom is -0.398 e. The van der Waals surface area contributed by atoms with E-state index in [1.165, 1.54) is 31.4 Å².